The molecule has 0 saturated carbocycles. The van der Waals surface area contributed by atoms with Crippen LogP contribution in [0.5, 0.6) is 5.75 Å². The summed E-state index contributed by atoms with van der Waals surface area (Å²) >= 11 is 0. The second-order valence-corrected chi connectivity index (χ2v) is 9.73. The average molecular weight is 453 g/mol. The number of hydrogen-bond acceptors (Lipinski definition) is 4. The van der Waals surface area contributed by atoms with Crippen LogP contribution in [0.1, 0.15) is 27.0 Å². The molecule has 0 aromatic heterocycles. The Morgan fingerprint density at radius 3 is 2.22 bits per heavy atom. The Morgan fingerprint density at radius 1 is 0.938 bits per heavy atom. The van der Waals surface area contributed by atoms with Crippen molar-refractivity contribution < 1.29 is 17.9 Å². The van der Waals surface area contributed by atoms with Gasteiger partial charge >= 0.3 is 0 Å². The number of anilines is 1. The van der Waals surface area contributed by atoms with Gasteiger partial charge in [0.1, 0.15) is 5.75 Å². The summed E-state index contributed by atoms with van der Waals surface area (Å²) in [4.78, 5) is 14.6. The van der Waals surface area contributed by atoms with Crippen LogP contribution in [0.4, 0.5) is 5.69 Å². The van der Waals surface area contributed by atoms with Gasteiger partial charge in [-0.2, -0.15) is 0 Å². The standard InChI is InChI=1S/C25H28N2O4S/c1-18-10-11-21(19(2)16-18)17-26(3)25(28)20-12-14-22(15-13-20)32(29,30)27(4)23-8-6-7-9-24(23)31-5/h6-16H,17H2,1-5H3. The number of carbonyl (C=O) groups is 1. The number of para-hydroxylation sites is 2. The molecule has 1 amide bonds. The minimum Gasteiger partial charge on any atom is -0.495 e. The summed E-state index contributed by atoms with van der Waals surface area (Å²) in [5.41, 5.74) is 4.24. The molecule has 3 aromatic carbocycles. The third-order valence-corrected chi connectivity index (χ3v) is 7.22. The van der Waals surface area contributed by atoms with Gasteiger partial charge in [0.05, 0.1) is 17.7 Å². The van der Waals surface area contributed by atoms with E-state index in [2.05, 4.69) is 6.07 Å². The molecule has 0 unspecified atom stereocenters. The number of aryl methyl sites for hydroxylation is 2. The first-order valence-corrected chi connectivity index (χ1v) is 11.6. The van der Waals surface area contributed by atoms with E-state index < -0.39 is 10.0 Å². The topological polar surface area (TPSA) is 66.9 Å². The third kappa shape index (κ3) is 4.78. The highest BCUT2D eigenvalue weighted by atomic mass is 32.2. The van der Waals surface area contributed by atoms with Gasteiger partial charge in [-0.25, -0.2) is 8.42 Å². The molecule has 0 fully saturated rings. The maximum Gasteiger partial charge on any atom is 0.264 e. The number of hydrogen-bond donors (Lipinski definition) is 0. The smallest absolute Gasteiger partial charge is 0.264 e. The van der Waals surface area contributed by atoms with Crippen molar-refractivity contribution in [2.24, 2.45) is 0 Å². The van der Waals surface area contributed by atoms with Crippen molar-refractivity contribution in [3.05, 3.63) is 89.0 Å². The number of benzene rings is 3. The molecule has 0 aliphatic rings. The second kappa shape index (κ2) is 9.44. The fraction of sp³-hybridized carbons (Fsp3) is 0.240. The lowest BCUT2D eigenvalue weighted by molar-refractivity contribution is 0.0785. The molecule has 32 heavy (non-hydrogen) atoms. The van der Waals surface area contributed by atoms with Gasteiger partial charge in [-0.1, -0.05) is 35.9 Å². The normalized spacial score (nSPS) is 11.2. The largest absolute Gasteiger partial charge is 0.495 e. The molecule has 3 rings (SSSR count). The van der Waals surface area contributed by atoms with Crippen molar-refractivity contribution in [2.75, 3.05) is 25.5 Å². The quantitative estimate of drug-likeness (QED) is 0.533. The molecule has 0 heterocycles. The Morgan fingerprint density at radius 2 is 1.59 bits per heavy atom. The van der Waals surface area contributed by atoms with Gasteiger partial charge in [0.2, 0.25) is 0 Å². The number of methoxy groups -OCH3 is 1. The zero-order valence-electron chi connectivity index (χ0n) is 19.0. The molecule has 0 aliphatic carbocycles. The molecule has 0 saturated heterocycles. The summed E-state index contributed by atoms with van der Waals surface area (Å²) in [5.74, 6) is 0.283. The zero-order valence-corrected chi connectivity index (χ0v) is 19.8. The lowest BCUT2D eigenvalue weighted by atomic mass is 10.1. The predicted octanol–water partition coefficient (Wildman–Crippen LogP) is 4.41. The van der Waals surface area contributed by atoms with E-state index in [1.54, 1.807) is 48.3 Å². The van der Waals surface area contributed by atoms with Crippen molar-refractivity contribution in [3.8, 4) is 5.75 Å². The van der Waals surface area contributed by atoms with Crippen LogP contribution >= 0.6 is 0 Å². The predicted molar refractivity (Wildman–Crippen MR) is 127 cm³/mol. The van der Waals surface area contributed by atoms with Crippen LogP contribution in [0.2, 0.25) is 0 Å². The number of sulfonamides is 1. The molecule has 3 aromatic rings. The van der Waals surface area contributed by atoms with Gasteiger partial charge in [-0.05, 0) is 61.4 Å². The van der Waals surface area contributed by atoms with Crippen LogP contribution in [-0.2, 0) is 16.6 Å². The highest BCUT2D eigenvalue weighted by Gasteiger charge is 2.24. The van der Waals surface area contributed by atoms with Gasteiger partial charge in [-0.15, -0.1) is 0 Å². The molecular formula is C25H28N2O4S. The molecule has 0 aliphatic heterocycles. The summed E-state index contributed by atoms with van der Waals surface area (Å²) in [6, 6.07) is 19.0. The average Bonchev–Trinajstić information content (AvgIpc) is 2.79. The van der Waals surface area contributed by atoms with E-state index in [9.17, 15) is 13.2 Å². The molecule has 0 spiro atoms. The van der Waals surface area contributed by atoms with E-state index in [0.717, 1.165) is 11.1 Å². The molecule has 7 heteroatoms. The molecule has 0 bridgehead atoms. The number of ether oxygens (including phenoxy) is 1. The van der Waals surface area contributed by atoms with Gasteiger partial charge in [0.15, 0.2) is 0 Å². The van der Waals surface area contributed by atoms with Crippen molar-refractivity contribution in [1.82, 2.24) is 4.90 Å². The number of amides is 1. The fourth-order valence-electron chi connectivity index (χ4n) is 3.52. The number of rotatable bonds is 7. The Bertz CT molecular complexity index is 1220. The molecular weight excluding hydrogens is 424 g/mol. The van der Waals surface area contributed by atoms with Crippen LogP contribution in [0, 0.1) is 13.8 Å². The summed E-state index contributed by atoms with van der Waals surface area (Å²) in [7, 11) is 0.891. The van der Waals surface area contributed by atoms with Gasteiger partial charge in [0, 0.05) is 26.2 Å². The molecule has 168 valence electrons. The Hall–Kier alpha value is -3.32. The van der Waals surface area contributed by atoms with E-state index in [1.807, 2.05) is 26.0 Å². The Labute approximate surface area is 190 Å². The maximum atomic E-state index is 13.1. The Kier molecular flexibility index (Phi) is 6.89. The van der Waals surface area contributed by atoms with Crippen LogP contribution < -0.4 is 9.04 Å². The minimum absolute atomic E-state index is 0.0967. The maximum absolute atomic E-state index is 13.1. The number of carbonyl (C=O) groups excluding carboxylic acids is 1. The second-order valence-electron chi connectivity index (χ2n) is 7.76. The van der Waals surface area contributed by atoms with E-state index >= 15 is 0 Å². The first-order chi connectivity index (χ1) is 15.1. The minimum atomic E-state index is -3.82. The molecule has 0 N–H and O–H groups in total. The first-order valence-electron chi connectivity index (χ1n) is 10.2. The van der Waals surface area contributed by atoms with E-state index in [1.165, 1.54) is 36.2 Å². The van der Waals surface area contributed by atoms with Crippen LogP contribution in [0.25, 0.3) is 0 Å². The summed E-state index contributed by atoms with van der Waals surface area (Å²) < 4.78 is 32.7. The van der Waals surface area contributed by atoms with E-state index in [4.69, 9.17) is 4.74 Å². The Balaban J connectivity index is 1.79. The summed E-state index contributed by atoms with van der Waals surface area (Å²) in [6.45, 7) is 4.53. The van der Waals surface area contributed by atoms with E-state index in [0.29, 0.717) is 23.5 Å². The highest BCUT2D eigenvalue weighted by molar-refractivity contribution is 7.92. The van der Waals surface area contributed by atoms with Crippen LogP contribution in [0.15, 0.2) is 71.6 Å². The molecule has 0 atom stereocenters. The third-order valence-electron chi connectivity index (χ3n) is 5.44. The summed E-state index contributed by atoms with van der Waals surface area (Å²) in [6.07, 6.45) is 0. The van der Waals surface area contributed by atoms with Gasteiger partial charge in [0.25, 0.3) is 15.9 Å². The zero-order chi connectivity index (χ0) is 23.5. The van der Waals surface area contributed by atoms with Crippen LogP contribution in [0.3, 0.4) is 0 Å². The highest BCUT2D eigenvalue weighted by Crippen LogP contribution is 2.31. The van der Waals surface area contributed by atoms with Crippen LogP contribution in [-0.4, -0.2) is 40.4 Å². The van der Waals surface area contributed by atoms with E-state index in [-0.39, 0.29) is 10.8 Å². The lowest BCUT2D eigenvalue weighted by Gasteiger charge is -2.22. The van der Waals surface area contributed by atoms with Crippen molar-refractivity contribution in [2.45, 2.75) is 25.3 Å². The van der Waals surface area contributed by atoms with Crippen molar-refractivity contribution in [3.63, 3.8) is 0 Å². The van der Waals surface area contributed by atoms with Gasteiger partial charge < -0.3 is 9.64 Å². The fourth-order valence-corrected chi connectivity index (χ4v) is 4.72. The molecule has 6 nitrogen and oxygen atoms in total. The first kappa shape index (κ1) is 23.3. The van der Waals surface area contributed by atoms with Crippen molar-refractivity contribution in [1.29, 1.82) is 0 Å². The number of nitrogens with zero attached hydrogens (tertiary/aromatic N) is 2. The van der Waals surface area contributed by atoms with Gasteiger partial charge in [-0.3, -0.25) is 9.10 Å². The van der Waals surface area contributed by atoms with Crippen molar-refractivity contribution >= 4 is 21.6 Å². The lowest BCUT2D eigenvalue weighted by Crippen LogP contribution is -2.28. The SMILES string of the molecule is COc1ccccc1N(C)S(=O)(=O)c1ccc(C(=O)N(C)Cc2ccc(C)cc2C)cc1. The molecule has 0 radical (unpaired) electrons. The monoisotopic (exact) mass is 452 g/mol. The summed E-state index contributed by atoms with van der Waals surface area (Å²) in [5, 5.41) is 0.